The van der Waals surface area contributed by atoms with E-state index in [9.17, 15) is 9.77 Å². The van der Waals surface area contributed by atoms with E-state index < -0.39 is 21.3 Å². The Bertz CT molecular complexity index is 513. The summed E-state index contributed by atoms with van der Waals surface area (Å²) >= 11 is 0. The Morgan fingerprint density at radius 2 is 1.85 bits per heavy atom. The number of benzene rings is 1. The van der Waals surface area contributed by atoms with E-state index in [-0.39, 0.29) is 0 Å². The van der Waals surface area contributed by atoms with Gasteiger partial charge in [-0.3, -0.25) is 9.77 Å². The molecule has 20 heavy (non-hydrogen) atoms. The molecule has 0 aliphatic rings. The van der Waals surface area contributed by atoms with Crippen molar-refractivity contribution in [3.8, 4) is 0 Å². The van der Waals surface area contributed by atoms with Crippen molar-refractivity contribution in [1.82, 2.24) is 0 Å². The first-order valence-electron chi connectivity index (χ1n) is 6.40. The highest BCUT2D eigenvalue weighted by molar-refractivity contribution is 7.68. The van der Waals surface area contributed by atoms with E-state index in [1.54, 1.807) is 31.2 Å². The minimum absolute atomic E-state index is 0.422. The highest BCUT2D eigenvalue weighted by atomic mass is 31.2. The molecule has 5 nitrogen and oxygen atoms in total. The lowest BCUT2D eigenvalue weighted by molar-refractivity contribution is -0.701. The van der Waals surface area contributed by atoms with Crippen molar-refractivity contribution in [3.05, 3.63) is 35.5 Å². The van der Waals surface area contributed by atoms with Gasteiger partial charge in [0.25, 0.3) is 0 Å². The van der Waals surface area contributed by atoms with Crippen molar-refractivity contribution in [2.24, 2.45) is 0 Å². The van der Waals surface area contributed by atoms with Crippen LogP contribution in [-0.4, -0.2) is 32.2 Å². The minimum Gasteiger partial charge on any atom is -0.444 e. The summed E-state index contributed by atoms with van der Waals surface area (Å²) in [6.07, 6.45) is 1.27. The lowest BCUT2D eigenvalue weighted by atomic mass is 10.4. The molecule has 0 spiro atoms. The molecule has 0 radical (unpaired) electrons. The standard InChI is InChI=1S/C13H22NO4PSi/c1-12(11-14(15)18-20(3,4)5)19(16,17-2)13-9-7-6-8-10-13/h6-12H,1-5H3/b14-11-. The predicted molar refractivity (Wildman–Crippen MR) is 84.3 cm³/mol. The van der Waals surface area contributed by atoms with Crippen LogP contribution in [0.4, 0.5) is 0 Å². The van der Waals surface area contributed by atoms with Crippen LogP contribution in [0.25, 0.3) is 0 Å². The highest BCUT2D eigenvalue weighted by Gasteiger charge is 2.34. The first-order valence-corrected chi connectivity index (χ1v) is 11.5. The maximum Gasteiger partial charge on any atom is 0.244 e. The summed E-state index contributed by atoms with van der Waals surface area (Å²) < 4.78 is 23.4. The number of rotatable bonds is 6. The molecule has 1 aromatic rings. The van der Waals surface area contributed by atoms with Gasteiger partial charge in [0.1, 0.15) is 5.66 Å². The van der Waals surface area contributed by atoms with E-state index in [0.717, 1.165) is 0 Å². The third-order valence-corrected chi connectivity index (χ3v) is 6.12. The van der Waals surface area contributed by atoms with Crippen molar-refractivity contribution >= 4 is 27.2 Å². The second-order valence-corrected chi connectivity index (χ2v) is 12.8. The fourth-order valence-electron chi connectivity index (χ4n) is 1.71. The molecule has 0 aromatic heterocycles. The van der Waals surface area contributed by atoms with Crippen LogP contribution in [0.1, 0.15) is 6.92 Å². The monoisotopic (exact) mass is 315 g/mol. The number of hydrogen-bond acceptors (Lipinski definition) is 4. The van der Waals surface area contributed by atoms with Crippen LogP contribution in [0.5, 0.6) is 0 Å². The normalized spacial score (nSPS) is 17.4. The Morgan fingerprint density at radius 1 is 1.30 bits per heavy atom. The highest BCUT2D eigenvalue weighted by Crippen LogP contribution is 2.49. The molecule has 2 unspecified atom stereocenters. The van der Waals surface area contributed by atoms with Crippen molar-refractivity contribution in [2.45, 2.75) is 32.2 Å². The average molecular weight is 315 g/mol. The Hall–Kier alpha value is -1.10. The largest absolute Gasteiger partial charge is 0.444 e. The first-order chi connectivity index (χ1) is 9.19. The molecule has 0 aliphatic carbocycles. The van der Waals surface area contributed by atoms with E-state index in [4.69, 9.17) is 9.05 Å². The molecule has 112 valence electrons. The fourth-order valence-corrected chi connectivity index (χ4v) is 4.19. The average Bonchev–Trinajstić information content (AvgIpc) is 2.36. The maximum absolute atomic E-state index is 12.9. The van der Waals surface area contributed by atoms with E-state index in [1.165, 1.54) is 13.3 Å². The van der Waals surface area contributed by atoms with E-state index in [2.05, 4.69) is 0 Å². The van der Waals surface area contributed by atoms with E-state index >= 15 is 0 Å². The van der Waals surface area contributed by atoms with Gasteiger partial charge >= 0.3 is 0 Å². The Kier molecular flexibility index (Phi) is 5.56. The third-order valence-electron chi connectivity index (χ3n) is 2.62. The van der Waals surface area contributed by atoms with Gasteiger partial charge in [0, 0.05) is 17.3 Å². The van der Waals surface area contributed by atoms with Crippen LogP contribution in [0.3, 0.4) is 0 Å². The maximum atomic E-state index is 12.9. The summed E-state index contributed by atoms with van der Waals surface area (Å²) in [5.74, 6) is 0. The molecule has 0 fully saturated rings. The molecule has 7 heteroatoms. The summed E-state index contributed by atoms with van der Waals surface area (Å²) in [5.41, 5.74) is -0.566. The van der Waals surface area contributed by atoms with Gasteiger partial charge in [-0.25, -0.2) is 0 Å². The Balaban J connectivity index is 3.01. The topological polar surface area (TPSA) is 61.6 Å². The zero-order valence-corrected chi connectivity index (χ0v) is 14.5. The molecule has 0 heterocycles. The molecule has 1 rings (SSSR count). The summed E-state index contributed by atoms with van der Waals surface area (Å²) in [6.45, 7) is 7.41. The van der Waals surface area contributed by atoms with Crippen molar-refractivity contribution in [3.63, 3.8) is 0 Å². The first kappa shape index (κ1) is 16.9. The van der Waals surface area contributed by atoms with E-state index in [1.807, 2.05) is 25.7 Å². The lowest BCUT2D eigenvalue weighted by Gasteiger charge is -2.22. The molecular formula is C13H22NO4PSi. The molecular weight excluding hydrogens is 293 g/mol. The molecule has 0 saturated heterocycles. The van der Waals surface area contributed by atoms with Gasteiger partial charge in [0.2, 0.25) is 13.6 Å². The van der Waals surface area contributed by atoms with Crippen LogP contribution in [0.15, 0.2) is 30.3 Å². The zero-order valence-electron chi connectivity index (χ0n) is 12.6. The number of nitrogens with zero attached hydrogens (tertiary/aromatic N) is 1. The van der Waals surface area contributed by atoms with Gasteiger partial charge in [0.05, 0.1) is 0 Å². The lowest BCUT2D eigenvalue weighted by Crippen LogP contribution is -2.32. The van der Waals surface area contributed by atoms with E-state index in [0.29, 0.717) is 10.2 Å². The molecule has 0 aliphatic heterocycles. The minimum atomic E-state index is -3.12. The molecule has 0 N–H and O–H groups in total. The van der Waals surface area contributed by atoms with Crippen LogP contribution in [-0.2, 0) is 13.6 Å². The predicted octanol–water partition coefficient (Wildman–Crippen LogP) is 2.97. The van der Waals surface area contributed by atoms with Crippen molar-refractivity contribution in [2.75, 3.05) is 7.11 Å². The summed E-state index contributed by atoms with van der Waals surface area (Å²) in [4.78, 5) is 0.422. The summed E-state index contributed by atoms with van der Waals surface area (Å²) in [5, 5.41) is 12.4. The molecule has 0 bridgehead atoms. The molecule has 2 atom stereocenters. The molecule has 0 saturated carbocycles. The Labute approximate surface area is 121 Å². The molecule has 0 amide bonds. The molecule has 1 aromatic carbocycles. The third kappa shape index (κ3) is 4.47. The fraction of sp³-hybridized carbons (Fsp3) is 0.462. The van der Waals surface area contributed by atoms with Gasteiger partial charge in [-0.2, -0.15) is 0 Å². The van der Waals surface area contributed by atoms with Crippen molar-refractivity contribution in [1.29, 1.82) is 0 Å². The zero-order chi connectivity index (χ0) is 15.4. The number of hydrogen-bond donors (Lipinski definition) is 0. The SMILES string of the molecule is COP(=O)(c1ccccc1)C(C)/C=[N+](/[O-])O[Si](C)(C)C. The second-order valence-electron chi connectivity index (χ2n) is 5.49. The van der Waals surface area contributed by atoms with Crippen molar-refractivity contribution < 1.29 is 18.5 Å². The second kappa shape index (κ2) is 6.57. The van der Waals surface area contributed by atoms with Crippen LogP contribution < -0.4 is 5.30 Å². The van der Waals surface area contributed by atoms with Gasteiger partial charge < -0.3 is 9.05 Å². The van der Waals surface area contributed by atoms with Gasteiger partial charge in [0.15, 0.2) is 8.32 Å². The summed E-state index contributed by atoms with van der Waals surface area (Å²) in [6, 6.07) is 8.90. The van der Waals surface area contributed by atoms with Gasteiger partial charge in [-0.15, -0.1) is 0 Å². The van der Waals surface area contributed by atoms with Crippen LogP contribution in [0.2, 0.25) is 19.6 Å². The van der Waals surface area contributed by atoms with Gasteiger partial charge in [-0.05, 0) is 19.1 Å². The smallest absolute Gasteiger partial charge is 0.244 e. The van der Waals surface area contributed by atoms with Crippen LogP contribution in [0, 0.1) is 5.21 Å². The Morgan fingerprint density at radius 3 is 2.30 bits per heavy atom. The van der Waals surface area contributed by atoms with Gasteiger partial charge in [-0.1, -0.05) is 37.8 Å². The summed E-state index contributed by atoms with van der Waals surface area (Å²) in [7, 11) is -3.71. The van der Waals surface area contributed by atoms with Crippen LogP contribution >= 0.6 is 7.37 Å². The quantitative estimate of drug-likeness (QED) is 0.266.